The highest BCUT2D eigenvalue weighted by Crippen LogP contribution is 2.29. The minimum atomic E-state index is 0.276. The van der Waals surface area contributed by atoms with E-state index in [1.165, 1.54) is 10.9 Å². The van der Waals surface area contributed by atoms with Crippen LogP contribution in [0.3, 0.4) is 0 Å². The van der Waals surface area contributed by atoms with E-state index in [1.54, 1.807) is 0 Å². The Kier molecular flexibility index (Phi) is 5.29. The van der Waals surface area contributed by atoms with Gasteiger partial charge in [-0.25, -0.2) is 4.99 Å². The molecule has 1 saturated heterocycles. The molecule has 1 aliphatic rings. The molecule has 0 amide bonds. The molecule has 1 N–H and O–H groups in total. The van der Waals surface area contributed by atoms with Gasteiger partial charge < -0.3 is 10.2 Å². The maximum Gasteiger partial charge on any atom is 0.194 e. The lowest BCUT2D eigenvalue weighted by atomic mass is 10.1. The lowest BCUT2D eigenvalue weighted by Gasteiger charge is -2.39. The largest absolute Gasteiger partial charge is 0.357 e. The van der Waals surface area contributed by atoms with E-state index in [9.17, 15) is 0 Å². The standard InChI is InChI=1S/C19H26N4S/c1-4-20-18(23-11-12-24-19(2,3)14-23)22-13-15-9-10-21-17-8-6-5-7-16(15)17/h5-10H,4,11-14H2,1-3H3,(H,20,22). The quantitative estimate of drug-likeness (QED) is 0.684. The number of nitrogens with one attached hydrogen (secondary N) is 1. The molecule has 1 aromatic carbocycles. The zero-order valence-electron chi connectivity index (χ0n) is 14.7. The van der Waals surface area contributed by atoms with E-state index >= 15 is 0 Å². The summed E-state index contributed by atoms with van der Waals surface area (Å²) in [7, 11) is 0. The highest BCUT2D eigenvalue weighted by Gasteiger charge is 2.28. The van der Waals surface area contributed by atoms with Crippen LogP contribution in [-0.4, -0.2) is 46.0 Å². The average Bonchev–Trinajstić information content (AvgIpc) is 2.57. The number of pyridine rings is 1. The summed E-state index contributed by atoms with van der Waals surface area (Å²) >= 11 is 2.04. The number of fused-ring (bicyclic) bond motifs is 1. The third-order valence-corrected chi connectivity index (χ3v) is 5.50. The highest BCUT2D eigenvalue weighted by atomic mass is 32.2. The van der Waals surface area contributed by atoms with Gasteiger partial charge in [-0.05, 0) is 38.5 Å². The molecule has 1 aromatic heterocycles. The fraction of sp³-hybridized carbons (Fsp3) is 0.474. The van der Waals surface area contributed by atoms with Crippen LogP contribution in [-0.2, 0) is 6.54 Å². The second kappa shape index (κ2) is 7.43. The molecule has 4 nitrogen and oxygen atoms in total. The fourth-order valence-electron chi connectivity index (χ4n) is 3.08. The second-order valence-electron chi connectivity index (χ2n) is 6.69. The van der Waals surface area contributed by atoms with Gasteiger partial charge in [0.15, 0.2) is 5.96 Å². The molecule has 1 fully saturated rings. The van der Waals surface area contributed by atoms with Crippen molar-refractivity contribution in [1.82, 2.24) is 15.2 Å². The Morgan fingerprint density at radius 3 is 2.96 bits per heavy atom. The summed E-state index contributed by atoms with van der Waals surface area (Å²) in [5, 5.41) is 4.65. The number of guanidine groups is 1. The lowest BCUT2D eigenvalue weighted by molar-refractivity contribution is 0.376. The third-order valence-electron chi connectivity index (χ3n) is 4.20. The van der Waals surface area contributed by atoms with Crippen LogP contribution in [0.15, 0.2) is 41.5 Å². The van der Waals surface area contributed by atoms with Crippen molar-refractivity contribution in [2.24, 2.45) is 4.99 Å². The number of rotatable bonds is 3. The van der Waals surface area contributed by atoms with E-state index in [0.717, 1.165) is 36.9 Å². The molecule has 24 heavy (non-hydrogen) atoms. The molecular weight excluding hydrogens is 316 g/mol. The van der Waals surface area contributed by atoms with Crippen molar-refractivity contribution >= 4 is 28.6 Å². The smallest absolute Gasteiger partial charge is 0.194 e. The number of para-hydroxylation sites is 1. The van der Waals surface area contributed by atoms with Gasteiger partial charge in [0.25, 0.3) is 0 Å². The summed E-state index contributed by atoms with van der Waals surface area (Å²) in [6.45, 7) is 10.4. The predicted octanol–water partition coefficient (Wildman–Crippen LogP) is 3.53. The number of benzene rings is 1. The van der Waals surface area contributed by atoms with E-state index in [-0.39, 0.29) is 4.75 Å². The first kappa shape index (κ1) is 17.1. The van der Waals surface area contributed by atoms with Crippen LogP contribution in [0.2, 0.25) is 0 Å². The van der Waals surface area contributed by atoms with E-state index in [4.69, 9.17) is 4.99 Å². The van der Waals surface area contributed by atoms with E-state index in [0.29, 0.717) is 6.54 Å². The van der Waals surface area contributed by atoms with Crippen molar-refractivity contribution in [3.8, 4) is 0 Å². The molecule has 0 spiro atoms. The molecule has 0 atom stereocenters. The number of thioether (sulfide) groups is 1. The summed E-state index contributed by atoms with van der Waals surface area (Å²) in [5.74, 6) is 2.17. The first-order valence-electron chi connectivity index (χ1n) is 8.59. The monoisotopic (exact) mass is 342 g/mol. The van der Waals surface area contributed by atoms with Crippen LogP contribution in [0, 0.1) is 0 Å². The molecule has 0 aliphatic carbocycles. The Hall–Kier alpha value is -1.75. The van der Waals surface area contributed by atoms with Gasteiger partial charge in [0.1, 0.15) is 0 Å². The molecule has 0 bridgehead atoms. The minimum Gasteiger partial charge on any atom is -0.357 e. The van der Waals surface area contributed by atoms with Crippen LogP contribution in [0.4, 0.5) is 0 Å². The number of aromatic nitrogens is 1. The summed E-state index contributed by atoms with van der Waals surface area (Å²) in [6, 6.07) is 10.3. The molecule has 0 unspecified atom stereocenters. The first-order chi connectivity index (χ1) is 11.6. The van der Waals surface area contributed by atoms with Gasteiger partial charge in [0, 0.05) is 41.7 Å². The molecular formula is C19H26N4S. The van der Waals surface area contributed by atoms with Crippen molar-refractivity contribution in [2.75, 3.05) is 25.4 Å². The van der Waals surface area contributed by atoms with Crippen molar-refractivity contribution in [3.05, 3.63) is 42.1 Å². The van der Waals surface area contributed by atoms with Crippen LogP contribution >= 0.6 is 11.8 Å². The predicted molar refractivity (Wildman–Crippen MR) is 105 cm³/mol. The number of hydrogen-bond acceptors (Lipinski definition) is 3. The van der Waals surface area contributed by atoms with Gasteiger partial charge in [-0.2, -0.15) is 11.8 Å². The summed E-state index contributed by atoms with van der Waals surface area (Å²) in [6.07, 6.45) is 1.88. The van der Waals surface area contributed by atoms with Crippen LogP contribution in [0.5, 0.6) is 0 Å². The zero-order valence-corrected chi connectivity index (χ0v) is 15.6. The van der Waals surface area contributed by atoms with Crippen molar-refractivity contribution in [2.45, 2.75) is 32.1 Å². The number of nitrogens with zero attached hydrogens (tertiary/aromatic N) is 3. The van der Waals surface area contributed by atoms with E-state index in [1.807, 2.05) is 24.0 Å². The normalized spacial score (nSPS) is 18.0. The first-order valence-corrected chi connectivity index (χ1v) is 9.57. The molecule has 0 saturated carbocycles. The van der Waals surface area contributed by atoms with E-state index < -0.39 is 0 Å². The molecule has 5 heteroatoms. The minimum absolute atomic E-state index is 0.276. The van der Waals surface area contributed by atoms with Crippen molar-refractivity contribution in [1.29, 1.82) is 0 Å². The Labute approximate surface area is 148 Å². The van der Waals surface area contributed by atoms with Crippen LogP contribution in [0.1, 0.15) is 26.3 Å². The molecule has 2 heterocycles. The Balaban J connectivity index is 1.83. The molecule has 3 rings (SSSR count). The fourth-order valence-corrected chi connectivity index (χ4v) is 4.19. The van der Waals surface area contributed by atoms with Crippen molar-refractivity contribution in [3.63, 3.8) is 0 Å². The highest BCUT2D eigenvalue weighted by molar-refractivity contribution is 8.00. The topological polar surface area (TPSA) is 40.5 Å². The van der Waals surface area contributed by atoms with Gasteiger partial charge in [-0.1, -0.05) is 18.2 Å². The number of aliphatic imine (C=N–C) groups is 1. The van der Waals surface area contributed by atoms with Crippen molar-refractivity contribution < 1.29 is 0 Å². The SMILES string of the molecule is CCNC(=NCc1ccnc2ccccc12)N1CCSC(C)(C)C1. The number of hydrogen-bond donors (Lipinski definition) is 1. The van der Waals surface area contributed by atoms with Crippen LogP contribution in [0.25, 0.3) is 10.9 Å². The molecule has 2 aromatic rings. The third kappa shape index (κ3) is 4.01. The van der Waals surface area contributed by atoms with Gasteiger partial charge in [0.05, 0.1) is 12.1 Å². The maximum atomic E-state index is 4.92. The van der Waals surface area contributed by atoms with Gasteiger partial charge >= 0.3 is 0 Å². The average molecular weight is 343 g/mol. The summed E-state index contributed by atoms with van der Waals surface area (Å²) < 4.78 is 0.276. The lowest BCUT2D eigenvalue weighted by Crippen LogP contribution is -2.50. The second-order valence-corrected chi connectivity index (χ2v) is 8.49. The van der Waals surface area contributed by atoms with Gasteiger partial charge in [-0.3, -0.25) is 4.98 Å². The molecule has 128 valence electrons. The van der Waals surface area contributed by atoms with E-state index in [2.05, 4.69) is 60.2 Å². The Bertz CT molecular complexity index is 721. The molecule has 1 aliphatic heterocycles. The van der Waals surface area contributed by atoms with Gasteiger partial charge in [-0.15, -0.1) is 0 Å². The van der Waals surface area contributed by atoms with Crippen LogP contribution < -0.4 is 5.32 Å². The summed E-state index contributed by atoms with van der Waals surface area (Å²) in [4.78, 5) is 11.7. The Morgan fingerprint density at radius 1 is 1.33 bits per heavy atom. The Morgan fingerprint density at radius 2 is 2.17 bits per heavy atom. The zero-order chi connectivity index (χ0) is 17.0. The molecule has 0 radical (unpaired) electrons. The maximum absolute atomic E-state index is 4.92. The van der Waals surface area contributed by atoms with Gasteiger partial charge in [0.2, 0.25) is 0 Å². The summed E-state index contributed by atoms with van der Waals surface area (Å²) in [5.41, 5.74) is 2.26.